The van der Waals surface area contributed by atoms with Gasteiger partial charge in [-0.25, -0.2) is 8.42 Å². The van der Waals surface area contributed by atoms with Crippen LogP contribution in [0.2, 0.25) is 10.0 Å². The molecule has 1 aliphatic rings. The van der Waals surface area contributed by atoms with Crippen molar-refractivity contribution in [1.29, 1.82) is 0 Å². The summed E-state index contributed by atoms with van der Waals surface area (Å²) < 4.78 is 36.8. The average Bonchev–Trinajstić information content (AvgIpc) is 3.54. The summed E-state index contributed by atoms with van der Waals surface area (Å²) in [6.07, 6.45) is 3.34. The first-order chi connectivity index (χ1) is 25.4. The molecular weight excluding hydrogens is 739 g/mol. The van der Waals surface area contributed by atoms with Crippen LogP contribution in [0.15, 0.2) is 90.1 Å². The van der Waals surface area contributed by atoms with Crippen LogP contribution in [0.1, 0.15) is 46.8 Å². The molecule has 0 fully saturated rings. The van der Waals surface area contributed by atoms with Gasteiger partial charge in [-0.3, -0.25) is 9.78 Å². The summed E-state index contributed by atoms with van der Waals surface area (Å²) in [6, 6.07) is 23.2. The minimum atomic E-state index is -3.49. The molecule has 0 amide bonds. The Balaban J connectivity index is 1.27. The van der Waals surface area contributed by atoms with Gasteiger partial charge in [0.05, 0.1) is 22.4 Å². The highest BCUT2D eigenvalue weighted by Crippen LogP contribution is 2.44. The van der Waals surface area contributed by atoms with Gasteiger partial charge in [-0.05, 0) is 52.8 Å². The number of fused-ring (bicyclic) bond motifs is 1. The number of ether oxygens (including phenoxy) is 2. The quantitative estimate of drug-likeness (QED) is 0.0908. The van der Waals surface area contributed by atoms with Crippen molar-refractivity contribution in [2.45, 2.75) is 56.1 Å². The number of nitrogens with zero attached hydrogens (tertiary/aromatic N) is 2. The first-order valence-corrected chi connectivity index (χ1v) is 19.5. The van der Waals surface area contributed by atoms with E-state index in [-0.39, 0.29) is 47.5 Å². The summed E-state index contributed by atoms with van der Waals surface area (Å²) in [5, 5.41) is 22.9. The fourth-order valence-corrected chi connectivity index (χ4v) is 7.45. The largest absolute Gasteiger partial charge is 0.481 e. The van der Waals surface area contributed by atoms with Gasteiger partial charge in [0.25, 0.3) is 0 Å². The summed E-state index contributed by atoms with van der Waals surface area (Å²) in [7, 11) is -3.49. The number of carboxylic acid groups (broad SMARTS) is 1. The number of aliphatic carboxylic acids is 1. The third kappa shape index (κ3) is 9.15. The topological polar surface area (TPSA) is 174 Å². The fraction of sp³-hybridized carbons (Fsp3) is 0.256. The predicted molar refractivity (Wildman–Crippen MR) is 203 cm³/mol. The number of nitrogens with one attached hydrogen (secondary N) is 1. The second-order valence-electron chi connectivity index (χ2n) is 12.8. The SMILES string of the molecule is CS(=O)(=O)c1cncc(COc2nc(O[C@H]3CCc4c(-c5cccc(-c6ccc(CN)cc6)c5Cl)cccc43)c(Cl)cc2CNC[C@@H](O)CC(=O)O)c1. The molecule has 0 radical (unpaired) electrons. The Morgan fingerprint density at radius 2 is 1.74 bits per heavy atom. The number of hydrogen-bond donors (Lipinski definition) is 4. The maximum atomic E-state index is 12.1. The van der Waals surface area contributed by atoms with Gasteiger partial charge in [0, 0.05) is 60.5 Å². The Labute approximate surface area is 317 Å². The molecule has 1 aliphatic carbocycles. The Morgan fingerprint density at radius 3 is 2.47 bits per heavy atom. The molecule has 0 spiro atoms. The van der Waals surface area contributed by atoms with Crippen LogP contribution in [-0.2, 0) is 40.7 Å². The normalized spacial score (nSPS) is 14.5. The molecule has 0 saturated heterocycles. The van der Waals surface area contributed by atoms with E-state index in [2.05, 4.69) is 21.4 Å². The predicted octanol–water partition coefficient (Wildman–Crippen LogP) is 6.55. The molecule has 3 aromatic carbocycles. The number of aromatic nitrogens is 2. The van der Waals surface area contributed by atoms with Crippen LogP contribution in [-0.4, -0.2) is 53.5 Å². The highest BCUT2D eigenvalue weighted by atomic mass is 35.5. The van der Waals surface area contributed by atoms with E-state index in [4.69, 9.17) is 43.5 Å². The van der Waals surface area contributed by atoms with Gasteiger partial charge in [-0.1, -0.05) is 83.9 Å². The fourth-order valence-electron chi connectivity index (χ4n) is 6.28. The van der Waals surface area contributed by atoms with Gasteiger partial charge in [-0.2, -0.15) is 4.98 Å². The van der Waals surface area contributed by atoms with Crippen LogP contribution in [0.3, 0.4) is 0 Å². The van der Waals surface area contributed by atoms with Gasteiger partial charge in [0.2, 0.25) is 11.8 Å². The van der Waals surface area contributed by atoms with Crippen molar-refractivity contribution in [3.05, 3.63) is 123 Å². The van der Waals surface area contributed by atoms with E-state index in [9.17, 15) is 18.3 Å². The van der Waals surface area contributed by atoms with E-state index in [0.29, 0.717) is 29.1 Å². The first-order valence-electron chi connectivity index (χ1n) is 16.8. The lowest BCUT2D eigenvalue weighted by Crippen LogP contribution is -2.28. The number of rotatable bonds is 15. The van der Waals surface area contributed by atoms with Gasteiger partial charge >= 0.3 is 5.97 Å². The van der Waals surface area contributed by atoms with Crippen molar-refractivity contribution in [2.24, 2.45) is 5.73 Å². The number of aliphatic hydroxyl groups excluding tert-OH is 1. The van der Waals surface area contributed by atoms with Crippen molar-refractivity contribution in [2.75, 3.05) is 12.8 Å². The Morgan fingerprint density at radius 1 is 1.00 bits per heavy atom. The highest BCUT2D eigenvalue weighted by Gasteiger charge is 2.29. The maximum Gasteiger partial charge on any atom is 0.306 e. The number of carboxylic acids is 1. The molecule has 53 heavy (non-hydrogen) atoms. The summed E-state index contributed by atoms with van der Waals surface area (Å²) in [5.41, 5.74) is 13.8. The Kier molecular flexibility index (Phi) is 12.0. The highest BCUT2D eigenvalue weighted by molar-refractivity contribution is 7.90. The number of sulfone groups is 1. The molecule has 5 N–H and O–H groups in total. The van der Waals surface area contributed by atoms with Crippen molar-refractivity contribution in [3.8, 4) is 34.0 Å². The van der Waals surface area contributed by atoms with Crippen molar-refractivity contribution in [3.63, 3.8) is 0 Å². The van der Waals surface area contributed by atoms with Crippen LogP contribution >= 0.6 is 23.2 Å². The number of benzene rings is 3. The third-order valence-corrected chi connectivity index (χ3v) is 10.7. The molecule has 5 aromatic rings. The first kappa shape index (κ1) is 38.2. The van der Waals surface area contributed by atoms with Crippen molar-refractivity contribution >= 4 is 39.0 Å². The zero-order valence-electron chi connectivity index (χ0n) is 28.8. The maximum absolute atomic E-state index is 12.1. The number of carbonyl (C=O) groups is 1. The molecule has 2 heterocycles. The van der Waals surface area contributed by atoms with Gasteiger partial charge in [0.15, 0.2) is 9.84 Å². The lowest BCUT2D eigenvalue weighted by molar-refractivity contribution is -0.139. The van der Waals surface area contributed by atoms with E-state index in [0.717, 1.165) is 51.6 Å². The van der Waals surface area contributed by atoms with Crippen molar-refractivity contribution in [1.82, 2.24) is 15.3 Å². The zero-order chi connectivity index (χ0) is 37.7. The van der Waals surface area contributed by atoms with Crippen LogP contribution in [0.25, 0.3) is 22.3 Å². The van der Waals surface area contributed by atoms with Crippen LogP contribution in [0.5, 0.6) is 11.8 Å². The zero-order valence-corrected chi connectivity index (χ0v) is 31.1. The number of hydrogen-bond acceptors (Lipinski definition) is 10. The molecule has 11 nitrogen and oxygen atoms in total. The van der Waals surface area contributed by atoms with E-state index < -0.39 is 28.3 Å². The van der Waals surface area contributed by atoms with Gasteiger partial charge in [0.1, 0.15) is 17.7 Å². The van der Waals surface area contributed by atoms with Gasteiger partial charge < -0.3 is 30.7 Å². The number of nitrogens with two attached hydrogens (primary N) is 1. The lowest BCUT2D eigenvalue weighted by atomic mass is 9.93. The number of aliphatic hydroxyl groups is 1. The molecule has 2 aromatic heterocycles. The molecule has 276 valence electrons. The van der Waals surface area contributed by atoms with Crippen molar-refractivity contribution < 1.29 is 32.9 Å². The minimum Gasteiger partial charge on any atom is -0.481 e. The lowest BCUT2D eigenvalue weighted by Gasteiger charge is -2.19. The standard InChI is InChI=1S/C39H38Cl2N4O7S/c1-53(49,50)28-14-24(18-43-21-28)22-51-38-26(19-44-20-27(46)16-36(47)48)15-34(40)39(45-38)52-35-13-12-31-30(5-3-6-32(31)35)33-7-2-4-29(37(33)41)25-10-8-23(17-42)9-11-25/h2-11,14-15,18,21,27,35,44,46H,12-13,16-17,19-20,22,42H2,1H3,(H,47,48)/t27-,35-/m0/s1. The number of halogens is 2. The van der Waals surface area contributed by atoms with Crippen LogP contribution in [0.4, 0.5) is 0 Å². The van der Waals surface area contributed by atoms with Crippen LogP contribution < -0.4 is 20.5 Å². The molecule has 14 heteroatoms. The molecule has 0 saturated carbocycles. The summed E-state index contributed by atoms with van der Waals surface area (Å²) in [4.78, 5) is 19.7. The van der Waals surface area contributed by atoms with Gasteiger partial charge in [-0.15, -0.1) is 0 Å². The summed E-state index contributed by atoms with van der Waals surface area (Å²) >= 11 is 13.8. The van der Waals surface area contributed by atoms with E-state index in [1.807, 2.05) is 54.6 Å². The molecular formula is C39H38Cl2N4O7S. The molecule has 0 unspecified atom stereocenters. The van der Waals surface area contributed by atoms with Crippen LogP contribution in [0, 0.1) is 0 Å². The van der Waals surface area contributed by atoms with E-state index in [1.165, 1.54) is 18.5 Å². The summed E-state index contributed by atoms with van der Waals surface area (Å²) in [5.74, 6) is -0.821. The molecule has 2 atom stereocenters. The molecule has 6 rings (SSSR count). The molecule has 0 bridgehead atoms. The monoisotopic (exact) mass is 776 g/mol. The Bertz CT molecular complexity index is 2240. The minimum absolute atomic E-state index is 0.00336. The second kappa shape index (κ2) is 16.6. The third-order valence-electron chi connectivity index (χ3n) is 8.92. The molecule has 0 aliphatic heterocycles. The smallest absolute Gasteiger partial charge is 0.306 e. The summed E-state index contributed by atoms with van der Waals surface area (Å²) in [6.45, 7) is 0.528. The number of pyridine rings is 2. The second-order valence-corrected chi connectivity index (χ2v) is 15.6. The Hall–Kier alpha value is -4.56. The average molecular weight is 778 g/mol. The van der Waals surface area contributed by atoms with E-state index in [1.54, 1.807) is 6.07 Å². The van der Waals surface area contributed by atoms with E-state index >= 15 is 0 Å².